The first kappa shape index (κ1) is 32.6. The van der Waals surface area contributed by atoms with Crippen LogP contribution in [0, 0.1) is 0 Å². The number of rotatable bonds is 25. The van der Waals surface area contributed by atoms with Crippen molar-refractivity contribution in [3.63, 3.8) is 0 Å². The van der Waals surface area contributed by atoms with Crippen LogP contribution in [0.5, 0.6) is 0 Å². The number of ether oxygens (including phenoxy) is 1. The Morgan fingerprint density at radius 2 is 1.24 bits per heavy atom. The Bertz CT molecular complexity index is 466. The van der Waals surface area contributed by atoms with E-state index in [1.807, 2.05) is 0 Å². The van der Waals surface area contributed by atoms with Crippen molar-refractivity contribution in [1.82, 2.24) is 16.0 Å². The normalized spacial score (nSPS) is 11.9. The fourth-order valence-electron chi connectivity index (χ4n) is 3.80. The van der Waals surface area contributed by atoms with Gasteiger partial charge in [0.1, 0.15) is 0 Å². The molecular weight excluding hydrogens is 430 g/mol. The van der Waals surface area contributed by atoms with Crippen LogP contribution in [0.1, 0.15) is 110 Å². The molecule has 0 saturated heterocycles. The van der Waals surface area contributed by atoms with Gasteiger partial charge in [0.2, 0.25) is 5.91 Å². The molecule has 0 aliphatic rings. The Hall–Kier alpha value is -1.38. The topological polar surface area (TPSA) is 132 Å². The number of amides is 2. The molecule has 1 unspecified atom stereocenters. The second-order valence-corrected chi connectivity index (χ2v) is 9.18. The number of hydrogen-bond acceptors (Lipinski definition) is 6. The van der Waals surface area contributed by atoms with Gasteiger partial charge in [0.05, 0.1) is 12.6 Å². The minimum Gasteiger partial charge on any atom is -0.450 e. The molecule has 202 valence electrons. The van der Waals surface area contributed by atoms with Gasteiger partial charge in [0.15, 0.2) is 0 Å². The predicted molar refractivity (Wildman–Crippen MR) is 142 cm³/mol. The summed E-state index contributed by atoms with van der Waals surface area (Å²) in [5.41, 5.74) is 11.0. The van der Waals surface area contributed by atoms with Crippen molar-refractivity contribution < 1.29 is 14.3 Å². The molecule has 0 aromatic heterocycles. The molecule has 2 amide bonds. The molecule has 8 heteroatoms. The number of carbonyl (C=O) groups excluding carboxylic acids is 2. The van der Waals surface area contributed by atoms with Crippen LogP contribution in [0.3, 0.4) is 0 Å². The molecule has 0 aliphatic heterocycles. The number of alkyl carbamates (subject to hydrolysis) is 1. The van der Waals surface area contributed by atoms with Gasteiger partial charge >= 0.3 is 6.09 Å². The van der Waals surface area contributed by atoms with Crippen molar-refractivity contribution in [2.24, 2.45) is 11.5 Å². The van der Waals surface area contributed by atoms with Crippen LogP contribution in [0.2, 0.25) is 0 Å². The quantitative estimate of drug-likeness (QED) is 0.124. The molecule has 0 rings (SSSR count). The van der Waals surface area contributed by atoms with Gasteiger partial charge in [-0.3, -0.25) is 4.79 Å². The smallest absolute Gasteiger partial charge is 0.407 e. The van der Waals surface area contributed by atoms with Crippen molar-refractivity contribution in [2.45, 2.75) is 116 Å². The monoisotopic (exact) mass is 485 g/mol. The van der Waals surface area contributed by atoms with Crippen LogP contribution < -0.4 is 27.4 Å². The molecule has 34 heavy (non-hydrogen) atoms. The van der Waals surface area contributed by atoms with Crippen LogP contribution in [-0.4, -0.2) is 57.4 Å². The van der Waals surface area contributed by atoms with Gasteiger partial charge in [0.25, 0.3) is 0 Å². The van der Waals surface area contributed by atoms with E-state index in [1.165, 1.54) is 64.2 Å². The zero-order valence-electron chi connectivity index (χ0n) is 22.0. The Morgan fingerprint density at radius 1 is 0.676 bits per heavy atom. The first-order valence-electron chi connectivity index (χ1n) is 14.0. The van der Waals surface area contributed by atoms with Crippen LogP contribution in [0.15, 0.2) is 0 Å². The molecule has 0 spiro atoms. The van der Waals surface area contributed by atoms with Crippen LogP contribution in [0.25, 0.3) is 0 Å². The highest BCUT2D eigenvalue weighted by Gasteiger charge is 2.17. The number of carbonyl (C=O) groups is 2. The minimum atomic E-state index is -0.433. The molecule has 0 heterocycles. The molecule has 0 saturated carbocycles. The fraction of sp³-hybridized carbons (Fsp3) is 0.923. The molecule has 7 N–H and O–H groups in total. The van der Waals surface area contributed by atoms with Crippen molar-refractivity contribution in [3.8, 4) is 0 Å². The predicted octanol–water partition coefficient (Wildman–Crippen LogP) is 3.97. The van der Waals surface area contributed by atoms with E-state index in [0.29, 0.717) is 52.0 Å². The van der Waals surface area contributed by atoms with Gasteiger partial charge in [-0.05, 0) is 51.7 Å². The maximum absolute atomic E-state index is 12.6. The molecule has 0 aromatic rings. The van der Waals surface area contributed by atoms with Crippen LogP contribution >= 0.6 is 0 Å². The van der Waals surface area contributed by atoms with Crippen molar-refractivity contribution >= 4 is 12.0 Å². The highest BCUT2D eigenvalue weighted by molar-refractivity contribution is 5.81. The maximum Gasteiger partial charge on any atom is 0.407 e. The van der Waals surface area contributed by atoms with Gasteiger partial charge in [-0.15, -0.1) is 0 Å². The molecule has 0 fully saturated rings. The second-order valence-electron chi connectivity index (χ2n) is 9.18. The highest BCUT2D eigenvalue weighted by atomic mass is 16.5. The molecule has 0 bridgehead atoms. The van der Waals surface area contributed by atoms with Gasteiger partial charge < -0.3 is 32.2 Å². The third kappa shape index (κ3) is 22.4. The number of hydrogen-bond donors (Lipinski definition) is 5. The molecule has 8 nitrogen and oxygen atoms in total. The standard InChI is InChI=1S/C26H55N5O3/c1-2-3-4-5-6-7-8-9-10-11-12-13-20-30-25(32)24(29-22-15-18-27)17-14-21-31-26(33)34-23-16-19-28/h24,29H,2-23,27-28H2,1H3,(H,30,32)(H,31,33). The molecule has 0 radical (unpaired) electrons. The van der Waals surface area contributed by atoms with E-state index in [1.54, 1.807) is 0 Å². The largest absolute Gasteiger partial charge is 0.450 e. The zero-order valence-corrected chi connectivity index (χ0v) is 22.0. The molecule has 1 atom stereocenters. The summed E-state index contributed by atoms with van der Waals surface area (Å²) in [7, 11) is 0. The van der Waals surface area contributed by atoms with Crippen LogP contribution in [0.4, 0.5) is 4.79 Å². The van der Waals surface area contributed by atoms with E-state index >= 15 is 0 Å². The van der Waals surface area contributed by atoms with Gasteiger partial charge in [-0.2, -0.15) is 0 Å². The van der Waals surface area contributed by atoms with Gasteiger partial charge in [-0.1, -0.05) is 77.6 Å². The van der Waals surface area contributed by atoms with E-state index in [0.717, 1.165) is 25.8 Å². The summed E-state index contributed by atoms with van der Waals surface area (Å²) in [6, 6.07) is -0.265. The Balaban J connectivity index is 3.85. The summed E-state index contributed by atoms with van der Waals surface area (Å²) >= 11 is 0. The van der Waals surface area contributed by atoms with Crippen molar-refractivity contribution in [1.29, 1.82) is 0 Å². The van der Waals surface area contributed by atoms with E-state index < -0.39 is 6.09 Å². The number of nitrogens with one attached hydrogen (secondary N) is 3. The Labute approximate surface area is 209 Å². The average Bonchev–Trinajstić information content (AvgIpc) is 2.83. The molecule has 0 aromatic carbocycles. The van der Waals surface area contributed by atoms with Crippen molar-refractivity contribution in [3.05, 3.63) is 0 Å². The lowest BCUT2D eigenvalue weighted by molar-refractivity contribution is -0.123. The minimum absolute atomic E-state index is 0.0330. The lowest BCUT2D eigenvalue weighted by Crippen LogP contribution is -2.45. The summed E-state index contributed by atoms with van der Waals surface area (Å²) in [6.07, 6.45) is 18.1. The zero-order chi connectivity index (χ0) is 25.1. The Kier molecular flexibility index (Phi) is 25.2. The lowest BCUT2D eigenvalue weighted by Gasteiger charge is -2.18. The maximum atomic E-state index is 12.6. The van der Waals surface area contributed by atoms with E-state index in [-0.39, 0.29) is 11.9 Å². The summed E-state index contributed by atoms with van der Waals surface area (Å²) < 4.78 is 5.01. The second kappa shape index (κ2) is 26.2. The number of nitrogens with two attached hydrogens (primary N) is 2. The van der Waals surface area contributed by atoms with E-state index in [2.05, 4.69) is 22.9 Å². The van der Waals surface area contributed by atoms with Gasteiger partial charge in [0, 0.05) is 13.1 Å². The fourth-order valence-corrected chi connectivity index (χ4v) is 3.80. The van der Waals surface area contributed by atoms with E-state index in [9.17, 15) is 9.59 Å². The molecular formula is C26H55N5O3. The van der Waals surface area contributed by atoms with E-state index in [4.69, 9.17) is 16.2 Å². The molecule has 0 aliphatic carbocycles. The summed E-state index contributed by atoms with van der Waals surface area (Å²) in [5.74, 6) is 0.0330. The summed E-state index contributed by atoms with van der Waals surface area (Å²) in [4.78, 5) is 24.2. The summed E-state index contributed by atoms with van der Waals surface area (Å²) in [6.45, 7) is 5.58. The third-order valence-electron chi connectivity index (χ3n) is 5.94. The summed E-state index contributed by atoms with van der Waals surface area (Å²) in [5, 5.41) is 9.09. The van der Waals surface area contributed by atoms with Crippen LogP contribution in [-0.2, 0) is 9.53 Å². The highest BCUT2D eigenvalue weighted by Crippen LogP contribution is 2.11. The SMILES string of the molecule is CCCCCCCCCCCCCCNC(=O)C(CCCNC(=O)OCCCN)NCCCN. The average molecular weight is 486 g/mol. The van der Waals surface area contributed by atoms with Gasteiger partial charge in [-0.25, -0.2) is 4.79 Å². The van der Waals surface area contributed by atoms with Crippen molar-refractivity contribution in [2.75, 3.05) is 39.3 Å². The first-order valence-corrected chi connectivity index (χ1v) is 14.0. The first-order chi connectivity index (χ1) is 16.7. The lowest BCUT2D eigenvalue weighted by atomic mass is 10.1. The third-order valence-corrected chi connectivity index (χ3v) is 5.94. The Morgan fingerprint density at radius 3 is 1.82 bits per heavy atom. The number of unbranched alkanes of at least 4 members (excludes halogenated alkanes) is 11.